The van der Waals surface area contributed by atoms with Crippen LogP contribution in [0.4, 0.5) is 14.7 Å². The lowest BCUT2D eigenvalue weighted by Gasteiger charge is -2.05. The maximum atomic E-state index is 13.2. The largest absolute Gasteiger partial charge is 0.462 e. The van der Waals surface area contributed by atoms with Gasteiger partial charge in [0.25, 0.3) is 11.8 Å². The summed E-state index contributed by atoms with van der Waals surface area (Å²) in [6, 6.07) is 2.49. The van der Waals surface area contributed by atoms with Gasteiger partial charge in [0, 0.05) is 5.56 Å². The molecule has 7 nitrogen and oxygen atoms in total. The Morgan fingerprint density at radius 3 is 2.44 bits per heavy atom. The van der Waals surface area contributed by atoms with Gasteiger partial charge in [0.15, 0.2) is 11.6 Å². The van der Waals surface area contributed by atoms with Crippen LogP contribution in [0.5, 0.6) is 0 Å². The van der Waals surface area contributed by atoms with Crippen LogP contribution in [0.25, 0.3) is 0 Å². The van der Waals surface area contributed by atoms with Crippen LogP contribution in [-0.2, 0) is 4.74 Å². The molecule has 0 spiro atoms. The molecule has 1 heterocycles. The number of ether oxygens (including phenoxy) is 1. The van der Waals surface area contributed by atoms with Crippen molar-refractivity contribution in [2.24, 2.45) is 5.73 Å². The van der Waals surface area contributed by atoms with Gasteiger partial charge in [0.05, 0.1) is 6.61 Å². The summed E-state index contributed by atoms with van der Waals surface area (Å²) in [6.45, 7) is 3.01. The van der Waals surface area contributed by atoms with Crippen molar-refractivity contribution in [3.05, 3.63) is 52.3 Å². The standard InChI is InChI=1S/C16H14F2N2O5/c1-3-24-16(23)11-7(2)25-15(12(11)13(19)21)20-14(22)8-4-5-9(17)10(18)6-8/h4-6H,3H2,1-2H3,(H2,19,21)(H,20,22). The van der Waals surface area contributed by atoms with Gasteiger partial charge in [-0.15, -0.1) is 0 Å². The minimum absolute atomic E-state index is 0.00726. The number of rotatable bonds is 5. The van der Waals surface area contributed by atoms with Crippen LogP contribution in [0, 0.1) is 18.6 Å². The summed E-state index contributed by atoms with van der Waals surface area (Å²) in [4.78, 5) is 35.8. The molecule has 0 fully saturated rings. The summed E-state index contributed by atoms with van der Waals surface area (Å²) in [5, 5.41) is 2.21. The second-order valence-electron chi connectivity index (χ2n) is 4.91. The zero-order valence-electron chi connectivity index (χ0n) is 13.3. The highest BCUT2D eigenvalue weighted by molar-refractivity contribution is 6.12. The number of amides is 2. The molecule has 1 aromatic heterocycles. The van der Waals surface area contributed by atoms with Crippen LogP contribution >= 0.6 is 0 Å². The Bertz CT molecular complexity index is 860. The maximum Gasteiger partial charge on any atom is 0.342 e. The van der Waals surface area contributed by atoms with Gasteiger partial charge in [-0.3, -0.25) is 14.9 Å². The molecule has 1 aromatic carbocycles. The first-order valence-electron chi connectivity index (χ1n) is 7.13. The third kappa shape index (κ3) is 3.65. The second kappa shape index (κ2) is 7.12. The van der Waals surface area contributed by atoms with E-state index in [4.69, 9.17) is 14.9 Å². The average molecular weight is 352 g/mol. The highest BCUT2D eigenvalue weighted by atomic mass is 19.2. The van der Waals surface area contributed by atoms with Crippen molar-refractivity contribution in [1.29, 1.82) is 0 Å². The zero-order valence-corrected chi connectivity index (χ0v) is 13.3. The van der Waals surface area contributed by atoms with Crippen LogP contribution in [0.15, 0.2) is 22.6 Å². The van der Waals surface area contributed by atoms with Gasteiger partial charge < -0.3 is 14.9 Å². The van der Waals surface area contributed by atoms with Crippen LogP contribution in [0.3, 0.4) is 0 Å². The molecule has 2 aromatic rings. The van der Waals surface area contributed by atoms with Gasteiger partial charge in [0.1, 0.15) is 16.9 Å². The third-order valence-corrected chi connectivity index (χ3v) is 3.22. The minimum Gasteiger partial charge on any atom is -0.462 e. The van der Waals surface area contributed by atoms with Crippen molar-refractivity contribution < 1.29 is 32.3 Å². The first kappa shape index (κ1) is 18.1. The van der Waals surface area contributed by atoms with Gasteiger partial charge in [-0.1, -0.05) is 0 Å². The summed E-state index contributed by atoms with van der Waals surface area (Å²) in [5.41, 5.74) is 4.45. The number of hydrogen-bond donors (Lipinski definition) is 2. The molecule has 25 heavy (non-hydrogen) atoms. The van der Waals surface area contributed by atoms with E-state index in [2.05, 4.69) is 5.32 Å². The molecule has 9 heteroatoms. The summed E-state index contributed by atoms with van der Waals surface area (Å²) in [5.74, 6) is -5.47. The fraction of sp³-hybridized carbons (Fsp3) is 0.188. The molecule has 132 valence electrons. The van der Waals surface area contributed by atoms with Gasteiger partial charge in [-0.2, -0.15) is 0 Å². The number of nitrogens with two attached hydrogens (primary N) is 1. The summed E-state index contributed by atoms with van der Waals surface area (Å²) < 4.78 is 36.2. The molecule has 0 radical (unpaired) electrons. The van der Waals surface area contributed by atoms with Crippen molar-refractivity contribution in [1.82, 2.24) is 0 Å². The van der Waals surface area contributed by atoms with E-state index in [1.54, 1.807) is 6.92 Å². The molecular formula is C16H14F2N2O5. The lowest BCUT2D eigenvalue weighted by atomic mass is 10.1. The molecule has 0 saturated carbocycles. The van der Waals surface area contributed by atoms with Crippen molar-refractivity contribution >= 4 is 23.7 Å². The Hall–Kier alpha value is -3.23. The number of halogens is 2. The first-order chi connectivity index (χ1) is 11.8. The second-order valence-corrected chi connectivity index (χ2v) is 4.91. The average Bonchev–Trinajstić information content (AvgIpc) is 2.86. The third-order valence-electron chi connectivity index (χ3n) is 3.22. The van der Waals surface area contributed by atoms with Crippen LogP contribution in [0.1, 0.15) is 43.8 Å². The van der Waals surface area contributed by atoms with Gasteiger partial charge in [-0.25, -0.2) is 13.6 Å². The summed E-state index contributed by atoms with van der Waals surface area (Å²) in [7, 11) is 0. The number of benzene rings is 1. The lowest BCUT2D eigenvalue weighted by molar-refractivity contribution is 0.0521. The van der Waals surface area contributed by atoms with E-state index in [0.717, 1.165) is 12.1 Å². The Morgan fingerprint density at radius 2 is 1.88 bits per heavy atom. The van der Waals surface area contributed by atoms with E-state index < -0.39 is 29.4 Å². The molecule has 0 bridgehead atoms. The molecule has 0 aliphatic heterocycles. The van der Waals surface area contributed by atoms with Crippen LogP contribution in [-0.4, -0.2) is 24.4 Å². The molecule has 0 aliphatic carbocycles. The van der Waals surface area contributed by atoms with E-state index in [1.165, 1.54) is 6.92 Å². The van der Waals surface area contributed by atoms with Crippen molar-refractivity contribution in [3.8, 4) is 0 Å². The minimum atomic E-state index is -1.22. The predicted molar refractivity (Wildman–Crippen MR) is 82.2 cm³/mol. The molecule has 0 aliphatic rings. The number of carbonyl (C=O) groups is 3. The molecule has 3 N–H and O–H groups in total. The van der Waals surface area contributed by atoms with E-state index in [-0.39, 0.29) is 34.9 Å². The predicted octanol–water partition coefficient (Wildman–Crippen LogP) is 2.39. The van der Waals surface area contributed by atoms with E-state index in [1.807, 2.05) is 0 Å². The number of hydrogen-bond acceptors (Lipinski definition) is 5. The molecule has 2 amide bonds. The normalized spacial score (nSPS) is 10.4. The number of nitrogens with one attached hydrogen (secondary N) is 1. The SMILES string of the molecule is CCOC(=O)c1c(C)oc(NC(=O)c2ccc(F)c(F)c2)c1C(N)=O. The summed E-state index contributed by atoms with van der Waals surface area (Å²) in [6.07, 6.45) is 0. The molecule has 2 rings (SSSR count). The van der Waals surface area contributed by atoms with Crippen molar-refractivity contribution in [3.63, 3.8) is 0 Å². The fourth-order valence-corrected chi connectivity index (χ4v) is 2.13. The number of furan rings is 1. The highest BCUT2D eigenvalue weighted by Crippen LogP contribution is 2.28. The number of aryl methyl sites for hydroxylation is 1. The van der Waals surface area contributed by atoms with E-state index in [9.17, 15) is 23.2 Å². The molecular weight excluding hydrogens is 338 g/mol. The van der Waals surface area contributed by atoms with Crippen LogP contribution in [0.2, 0.25) is 0 Å². The topological polar surface area (TPSA) is 112 Å². The van der Waals surface area contributed by atoms with Gasteiger partial charge >= 0.3 is 5.97 Å². The monoisotopic (exact) mass is 352 g/mol. The number of primary amides is 1. The number of carbonyl (C=O) groups excluding carboxylic acids is 3. The highest BCUT2D eigenvalue weighted by Gasteiger charge is 2.29. The molecule has 0 unspecified atom stereocenters. The smallest absolute Gasteiger partial charge is 0.342 e. The summed E-state index contributed by atoms with van der Waals surface area (Å²) >= 11 is 0. The molecule has 0 saturated heterocycles. The maximum absolute atomic E-state index is 13.2. The van der Waals surface area contributed by atoms with Crippen LogP contribution < -0.4 is 11.1 Å². The van der Waals surface area contributed by atoms with Crippen molar-refractivity contribution in [2.75, 3.05) is 11.9 Å². The van der Waals surface area contributed by atoms with Crippen molar-refractivity contribution in [2.45, 2.75) is 13.8 Å². The Labute approximate surface area is 140 Å². The zero-order chi connectivity index (χ0) is 18.7. The van der Waals surface area contributed by atoms with Gasteiger partial charge in [0.2, 0.25) is 5.88 Å². The fourth-order valence-electron chi connectivity index (χ4n) is 2.13. The Morgan fingerprint density at radius 1 is 1.20 bits per heavy atom. The van der Waals surface area contributed by atoms with Gasteiger partial charge in [-0.05, 0) is 32.0 Å². The lowest BCUT2D eigenvalue weighted by Crippen LogP contribution is -2.20. The van der Waals surface area contributed by atoms with E-state index in [0.29, 0.717) is 6.07 Å². The molecule has 0 atom stereocenters. The van der Waals surface area contributed by atoms with E-state index >= 15 is 0 Å². The Balaban J connectivity index is 2.40. The first-order valence-corrected chi connectivity index (χ1v) is 7.13. The number of esters is 1. The quantitative estimate of drug-likeness (QED) is 0.803. The Kier molecular flexibility index (Phi) is 5.16. The number of anilines is 1.